The van der Waals surface area contributed by atoms with Gasteiger partial charge >= 0.3 is 5.97 Å². The zero-order valence-corrected chi connectivity index (χ0v) is 15.1. The van der Waals surface area contributed by atoms with Crippen LogP contribution in [0.2, 0.25) is 0 Å². The Balaban J connectivity index is 1.90. The molecule has 0 radical (unpaired) electrons. The lowest BCUT2D eigenvalue weighted by atomic mass is 10.1. The molecule has 7 heteroatoms. The van der Waals surface area contributed by atoms with Gasteiger partial charge in [0.05, 0.1) is 14.2 Å². The van der Waals surface area contributed by atoms with Crippen molar-refractivity contribution in [3.8, 4) is 11.5 Å². The average molecular weight is 366 g/mol. The van der Waals surface area contributed by atoms with Crippen LogP contribution in [0, 0.1) is 0 Å². The van der Waals surface area contributed by atoms with Gasteiger partial charge in [-0.15, -0.1) is 0 Å². The quantitative estimate of drug-likeness (QED) is 0.649. The number of para-hydroxylation sites is 1. The van der Waals surface area contributed by atoms with E-state index in [1.165, 1.54) is 14.0 Å². The molecule has 0 fully saturated rings. The molecule has 7 nitrogen and oxygen atoms in total. The van der Waals surface area contributed by atoms with Crippen molar-refractivity contribution in [3.63, 3.8) is 0 Å². The summed E-state index contributed by atoms with van der Waals surface area (Å²) in [4.78, 5) is 27.6. The van der Waals surface area contributed by atoms with Crippen LogP contribution in [-0.4, -0.2) is 32.0 Å². The van der Waals surface area contributed by atoms with Crippen LogP contribution < -0.4 is 14.8 Å². The first-order valence-electron chi connectivity index (χ1n) is 8.13. The van der Waals surface area contributed by atoms with Crippen molar-refractivity contribution in [1.29, 1.82) is 0 Å². The molecule has 2 aromatic rings. The minimum atomic E-state index is -0.555. The molecule has 0 atom stereocenters. The summed E-state index contributed by atoms with van der Waals surface area (Å²) < 4.78 is 15.9. The van der Waals surface area contributed by atoms with Crippen LogP contribution in [0.3, 0.4) is 0 Å². The summed E-state index contributed by atoms with van der Waals surface area (Å²) in [5.41, 5.74) is 2.07. The van der Waals surface area contributed by atoms with Gasteiger partial charge in [-0.2, -0.15) is 0 Å². The summed E-state index contributed by atoms with van der Waals surface area (Å²) in [5, 5.41) is 2.67. The molecular formula is C20H18N2O5. The molecule has 0 bridgehead atoms. The molecule has 0 unspecified atom stereocenters. The van der Waals surface area contributed by atoms with Crippen molar-refractivity contribution in [1.82, 2.24) is 0 Å². The SMILES string of the molecule is COc1cccc(/C=C2/N=C(c3ccc(NC(C)=O)cc3)OC2=O)c1OC. The molecular weight excluding hydrogens is 348 g/mol. The summed E-state index contributed by atoms with van der Waals surface area (Å²) in [5.74, 6) is 0.535. The summed E-state index contributed by atoms with van der Waals surface area (Å²) in [6.45, 7) is 1.43. The first kappa shape index (κ1) is 18.2. The highest BCUT2D eigenvalue weighted by Gasteiger charge is 2.25. The van der Waals surface area contributed by atoms with E-state index >= 15 is 0 Å². The number of anilines is 1. The van der Waals surface area contributed by atoms with E-state index < -0.39 is 5.97 Å². The highest BCUT2D eigenvalue weighted by molar-refractivity contribution is 6.13. The van der Waals surface area contributed by atoms with Gasteiger partial charge in [-0.25, -0.2) is 9.79 Å². The number of amides is 1. The number of hydrogen-bond donors (Lipinski definition) is 1. The molecule has 0 aromatic heterocycles. The topological polar surface area (TPSA) is 86.2 Å². The van der Waals surface area contributed by atoms with E-state index in [0.717, 1.165) is 0 Å². The number of cyclic esters (lactones) is 1. The van der Waals surface area contributed by atoms with Gasteiger partial charge in [-0.05, 0) is 36.4 Å². The standard InChI is InChI=1S/C20H18N2O5/c1-12(23)21-15-9-7-13(8-10-15)19-22-16(20(24)27-19)11-14-5-4-6-17(25-2)18(14)26-3/h4-11H,1-3H3,(H,21,23)/b16-11+. The molecule has 1 aliphatic rings. The van der Waals surface area contributed by atoms with E-state index in [0.29, 0.717) is 28.3 Å². The summed E-state index contributed by atoms with van der Waals surface area (Å²) >= 11 is 0. The minimum Gasteiger partial charge on any atom is -0.493 e. The number of rotatable bonds is 5. The molecule has 27 heavy (non-hydrogen) atoms. The number of nitrogens with zero attached hydrogens (tertiary/aromatic N) is 1. The maximum Gasteiger partial charge on any atom is 0.363 e. The number of benzene rings is 2. The summed E-state index contributed by atoms with van der Waals surface area (Å²) in [6.07, 6.45) is 1.59. The second-order valence-electron chi connectivity index (χ2n) is 5.68. The van der Waals surface area contributed by atoms with Crippen molar-refractivity contribution in [2.45, 2.75) is 6.92 Å². The molecule has 1 aliphatic heterocycles. The van der Waals surface area contributed by atoms with Crippen LogP contribution in [0.4, 0.5) is 5.69 Å². The number of ether oxygens (including phenoxy) is 3. The van der Waals surface area contributed by atoms with Crippen LogP contribution in [0.25, 0.3) is 6.08 Å². The molecule has 3 rings (SSSR count). The lowest BCUT2D eigenvalue weighted by Gasteiger charge is -2.09. The van der Waals surface area contributed by atoms with Crippen molar-refractivity contribution in [2.24, 2.45) is 4.99 Å². The average Bonchev–Trinajstić information content (AvgIpc) is 3.02. The smallest absolute Gasteiger partial charge is 0.363 e. The Bertz CT molecular complexity index is 945. The van der Waals surface area contributed by atoms with Gasteiger partial charge in [0, 0.05) is 23.7 Å². The highest BCUT2D eigenvalue weighted by Crippen LogP contribution is 2.33. The van der Waals surface area contributed by atoms with Crippen LogP contribution in [-0.2, 0) is 14.3 Å². The Hall–Kier alpha value is -3.61. The molecule has 0 saturated carbocycles. The van der Waals surface area contributed by atoms with Gasteiger partial charge in [-0.3, -0.25) is 4.79 Å². The number of carbonyl (C=O) groups excluding carboxylic acids is 2. The predicted molar refractivity (Wildman–Crippen MR) is 101 cm³/mol. The molecule has 1 N–H and O–H groups in total. The fourth-order valence-electron chi connectivity index (χ4n) is 2.60. The Morgan fingerprint density at radius 3 is 2.48 bits per heavy atom. The van der Waals surface area contributed by atoms with Gasteiger partial charge in [0.25, 0.3) is 0 Å². The fraction of sp³-hybridized carbons (Fsp3) is 0.150. The molecule has 2 aromatic carbocycles. The van der Waals surface area contributed by atoms with E-state index in [1.54, 1.807) is 55.7 Å². The van der Waals surface area contributed by atoms with E-state index in [4.69, 9.17) is 14.2 Å². The van der Waals surface area contributed by atoms with Gasteiger partial charge in [0.15, 0.2) is 17.2 Å². The third-order valence-electron chi connectivity index (χ3n) is 3.80. The number of esters is 1. The largest absolute Gasteiger partial charge is 0.493 e. The van der Waals surface area contributed by atoms with E-state index in [-0.39, 0.29) is 17.5 Å². The molecule has 0 saturated heterocycles. The molecule has 0 spiro atoms. The summed E-state index contributed by atoms with van der Waals surface area (Å²) in [7, 11) is 3.07. The molecule has 0 aliphatic carbocycles. The van der Waals surface area contributed by atoms with Crippen molar-refractivity contribution in [3.05, 3.63) is 59.3 Å². The number of nitrogens with one attached hydrogen (secondary N) is 1. The lowest BCUT2D eigenvalue weighted by Crippen LogP contribution is -2.07. The van der Waals surface area contributed by atoms with Gasteiger partial charge in [-0.1, -0.05) is 12.1 Å². The Kier molecular flexibility index (Phi) is 5.21. The Morgan fingerprint density at radius 1 is 1.11 bits per heavy atom. The maximum absolute atomic E-state index is 12.2. The molecule has 138 valence electrons. The molecule has 1 heterocycles. The van der Waals surface area contributed by atoms with Crippen LogP contribution in [0.1, 0.15) is 18.1 Å². The number of hydrogen-bond acceptors (Lipinski definition) is 6. The number of aliphatic imine (C=N–C) groups is 1. The van der Waals surface area contributed by atoms with Crippen LogP contribution >= 0.6 is 0 Å². The first-order valence-corrected chi connectivity index (χ1v) is 8.13. The monoisotopic (exact) mass is 366 g/mol. The third kappa shape index (κ3) is 3.98. The fourth-order valence-corrected chi connectivity index (χ4v) is 2.60. The minimum absolute atomic E-state index is 0.155. The second-order valence-corrected chi connectivity index (χ2v) is 5.68. The van der Waals surface area contributed by atoms with Crippen molar-refractivity contribution in [2.75, 3.05) is 19.5 Å². The maximum atomic E-state index is 12.2. The van der Waals surface area contributed by atoms with Crippen molar-refractivity contribution >= 4 is 29.5 Å². The van der Waals surface area contributed by atoms with E-state index in [1.807, 2.05) is 0 Å². The van der Waals surface area contributed by atoms with Gasteiger partial charge in [0.1, 0.15) is 0 Å². The zero-order chi connectivity index (χ0) is 19.4. The first-order chi connectivity index (χ1) is 13.0. The normalized spacial score (nSPS) is 14.6. The Labute approximate surface area is 156 Å². The van der Waals surface area contributed by atoms with E-state index in [2.05, 4.69) is 10.3 Å². The molecule has 1 amide bonds. The summed E-state index contributed by atoms with van der Waals surface area (Å²) in [6, 6.07) is 12.2. The highest BCUT2D eigenvalue weighted by atomic mass is 16.6. The van der Waals surface area contributed by atoms with Gasteiger partial charge in [0.2, 0.25) is 11.8 Å². The Morgan fingerprint density at radius 2 is 1.85 bits per heavy atom. The second kappa shape index (κ2) is 7.74. The van der Waals surface area contributed by atoms with Crippen LogP contribution in [0.5, 0.6) is 11.5 Å². The van der Waals surface area contributed by atoms with Crippen LogP contribution in [0.15, 0.2) is 53.2 Å². The van der Waals surface area contributed by atoms with E-state index in [9.17, 15) is 9.59 Å². The predicted octanol–water partition coefficient (Wildman–Crippen LogP) is 3.01. The lowest BCUT2D eigenvalue weighted by molar-refractivity contribution is -0.129. The number of methoxy groups -OCH3 is 2. The number of carbonyl (C=O) groups is 2. The third-order valence-corrected chi connectivity index (χ3v) is 3.80. The van der Waals surface area contributed by atoms with Gasteiger partial charge < -0.3 is 19.5 Å². The van der Waals surface area contributed by atoms with Crippen molar-refractivity contribution < 1.29 is 23.8 Å². The zero-order valence-electron chi connectivity index (χ0n) is 15.1.